The Kier molecular flexibility index (Phi) is 5.65. The monoisotopic (exact) mass is 257 g/mol. The second-order valence-corrected chi connectivity index (χ2v) is 4.60. The molecule has 1 amide bonds. The fourth-order valence-corrected chi connectivity index (χ4v) is 1.96. The molecule has 0 aliphatic carbocycles. The minimum atomic E-state index is -1.41. The Bertz CT molecular complexity index is 364. The Morgan fingerprint density at radius 2 is 2.24 bits per heavy atom. The van der Waals surface area contributed by atoms with E-state index in [2.05, 4.69) is 5.32 Å². The molecular formula is C11H15NO4S. The van der Waals surface area contributed by atoms with Gasteiger partial charge in [0.05, 0.1) is 0 Å². The maximum absolute atomic E-state index is 11.4. The fraction of sp³-hybridized carbons (Fsp3) is 0.455. The number of carbonyl (C=O) groups is 2. The Morgan fingerprint density at radius 1 is 1.47 bits per heavy atom. The number of carboxylic acid groups (broad SMARTS) is 1. The van der Waals surface area contributed by atoms with Gasteiger partial charge in [-0.3, -0.25) is 4.79 Å². The summed E-state index contributed by atoms with van der Waals surface area (Å²) in [7, 11) is 0. The van der Waals surface area contributed by atoms with E-state index in [1.165, 1.54) is 0 Å². The number of aliphatic hydroxyl groups excluding tert-OH is 1. The maximum atomic E-state index is 11.4. The van der Waals surface area contributed by atoms with Crippen LogP contribution in [0.2, 0.25) is 0 Å². The molecule has 94 valence electrons. The van der Waals surface area contributed by atoms with E-state index in [4.69, 9.17) is 10.2 Å². The smallest absolute Gasteiger partial charge is 0.332 e. The van der Waals surface area contributed by atoms with E-state index < -0.39 is 12.1 Å². The number of amides is 1. The molecule has 17 heavy (non-hydrogen) atoms. The van der Waals surface area contributed by atoms with Crippen molar-refractivity contribution in [1.29, 1.82) is 0 Å². The molecule has 0 radical (unpaired) electrons. The zero-order chi connectivity index (χ0) is 12.7. The molecule has 1 rings (SSSR count). The van der Waals surface area contributed by atoms with Crippen molar-refractivity contribution in [2.75, 3.05) is 6.54 Å². The average Bonchev–Trinajstić information content (AvgIpc) is 2.78. The summed E-state index contributed by atoms with van der Waals surface area (Å²) in [6, 6.07) is 3.90. The lowest BCUT2D eigenvalue weighted by Gasteiger charge is -2.06. The number of hydrogen-bond acceptors (Lipinski definition) is 4. The molecule has 1 aromatic heterocycles. The summed E-state index contributed by atoms with van der Waals surface area (Å²) in [5, 5.41) is 21.9. The van der Waals surface area contributed by atoms with Gasteiger partial charge in [0.2, 0.25) is 5.91 Å². The largest absolute Gasteiger partial charge is 0.479 e. The van der Waals surface area contributed by atoms with Gasteiger partial charge < -0.3 is 15.5 Å². The molecule has 0 spiro atoms. The number of rotatable bonds is 7. The highest BCUT2D eigenvalue weighted by Crippen LogP contribution is 2.10. The van der Waals surface area contributed by atoms with Crippen LogP contribution in [-0.2, 0) is 16.0 Å². The van der Waals surface area contributed by atoms with Crippen LogP contribution < -0.4 is 5.32 Å². The lowest BCUT2D eigenvalue weighted by molar-refractivity contribution is -0.147. The highest BCUT2D eigenvalue weighted by molar-refractivity contribution is 7.09. The lowest BCUT2D eigenvalue weighted by Crippen LogP contribution is -2.30. The van der Waals surface area contributed by atoms with Gasteiger partial charge in [-0.15, -0.1) is 11.3 Å². The van der Waals surface area contributed by atoms with Crippen LogP contribution in [0.3, 0.4) is 0 Å². The summed E-state index contributed by atoms with van der Waals surface area (Å²) >= 11 is 1.60. The van der Waals surface area contributed by atoms with Gasteiger partial charge in [-0.25, -0.2) is 4.79 Å². The van der Waals surface area contributed by atoms with Crippen LogP contribution >= 0.6 is 11.3 Å². The number of aliphatic hydroxyl groups is 1. The van der Waals surface area contributed by atoms with Gasteiger partial charge in [0.15, 0.2) is 6.10 Å². The first-order valence-electron chi connectivity index (χ1n) is 5.29. The van der Waals surface area contributed by atoms with E-state index in [0.717, 1.165) is 4.88 Å². The first-order valence-corrected chi connectivity index (χ1v) is 6.17. The van der Waals surface area contributed by atoms with Crippen LogP contribution in [0.25, 0.3) is 0 Å². The van der Waals surface area contributed by atoms with E-state index in [0.29, 0.717) is 12.8 Å². The van der Waals surface area contributed by atoms with Crippen LogP contribution in [0, 0.1) is 0 Å². The molecule has 6 heteroatoms. The van der Waals surface area contributed by atoms with Crippen molar-refractivity contribution < 1.29 is 19.8 Å². The molecule has 1 unspecified atom stereocenters. The molecule has 0 aliphatic heterocycles. The van der Waals surface area contributed by atoms with Crippen molar-refractivity contribution in [3.05, 3.63) is 22.4 Å². The number of aliphatic carboxylic acids is 1. The van der Waals surface area contributed by atoms with Gasteiger partial charge in [0.1, 0.15) is 0 Å². The molecule has 0 fully saturated rings. The van der Waals surface area contributed by atoms with Crippen LogP contribution in [0.5, 0.6) is 0 Å². The quantitative estimate of drug-likeness (QED) is 0.668. The summed E-state index contributed by atoms with van der Waals surface area (Å²) < 4.78 is 0. The molecular weight excluding hydrogens is 242 g/mol. The standard InChI is InChI=1S/C11H15NO4S/c13-9(11(15)16)5-6-12-10(14)4-3-8-2-1-7-17-8/h1-2,7,9,13H,3-6H2,(H,12,14)(H,15,16). The van der Waals surface area contributed by atoms with E-state index in [-0.39, 0.29) is 18.9 Å². The van der Waals surface area contributed by atoms with E-state index in [1.807, 2.05) is 17.5 Å². The van der Waals surface area contributed by atoms with Crippen molar-refractivity contribution in [3.8, 4) is 0 Å². The Hall–Kier alpha value is -1.40. The molecule has 0 saturated heterocycles. The Balaban J connectivity index is 2.11. The highest BCUT2D eigenvalue weighted by Gasteiger charge is 2.12. The molecule has 1 atom stereocenters. The topological polar surface area (TPSA) is 86.6 Å². The molecule has 1 heterocycles. The summed E-state index contributed by atoms with van der Waals surface area (Å²) in [5.74, 6) is -1.39. The molecule has 5 nitrogen and oxygen atoms in total. The van der Waals surface area contributed by atoms with E-state index in [1.54, 1.807) is 11.3 Å². The normalized spacial score (nSPS) is 12.1. The van der Waals surface area contributed by atoms with Gasteiger partial charge >= 0.3 is 5.97 Å². The zero-order valence-corrected chi connectivity index (χ0v) is 10.1. The summed E-state index contributed by atoms with van der Waals surface area (Å²) in [5.41, 5.74) is 0. The van der Waals surface area contributed by atoms with Gasteiger partial charge in [-0.05, 0) is 17.9 Å². The first-order chi connectivity index (χ1) is 8.09. The first kappa shape index (κ1) is 13.7. The second-order valence-electron chi connectivity index (χ2n) is 3.57. The third-order valence-corrected chi connectivity index (χ3v) is 3.14. The van der Waals surface area contributed by atoms with Crippen LogP contribution in [0.15, 0.2) is 17.5 Å². The van der Waals surface area contributed by atoms with Gasteiger partial charge in [-0.2, -0.15) is 0 Å². The van der Waals surface area contributed by atoms with E-state index in [9.17, 15) is 9.59 Å². The van der Waals surface area contributed by atoms with Gasteiger partial charge in [0, 0.05) is 24.3 Å². The van der Waals surface area contributed by atoms with Crippen LogP contribution in [0.1, 0.15) is 17.7 Å². The van der Waals surface area contributed by atoms with E-state index >= 15 is 0 Å². The van der Waals surface area contributed by atoms with Crippen LogP contribution in [0.4, 0.5) is 0 Å². The molecule has 0 bridgehead atoms. The van der Waals surface area contributed by atoms with Crippen molar-refractivity contribution in [1.82, 2.24) is 5.32 Å². The predicted molar refractivity (Wildman–Crippen MR) is 63.9 cm³/mol. The third kappa shape index (κ3) is 5.46. The number of thiophene rings is 1. The molecule has 3 N–H and O–H groups in total. The summed E-state index contributed by atoms with van der Waals surface area (Å²) in [6.07, 6.45) is -0.318. The maximum Gasteiger partial charge on any atom is 0.332 e. The molecule has 0 aromatic carbocycles. The second kappa shape index (κ2) is 7.03. The Labute approximate surface area is 103 Å². The van der Waals surface area contributed by atoms with Crippen molar-refractivity contribution in [2.24, 2.45) is 0 Å². The predicted octanol–water partition coefficient (Wildman–Crippen LogP) is 0.632. The summed E-state index contributed by atoms with van der Waals surface area (Å²) in [6.45, 7) is 0.177. The fourth-order valence-electron chi connectivity index (χ4n) is 1.25. The number of hydrogen-bond donors (Lipinski definition) is 3. The number of nitrogens with one attached hydrogen (secondary N) is 1. The average molecular weight is 257 g/mol. The van der Waals surface area contributed by atoms with Gasteiger partial charge in [-0.1, -0.05) is 6.07 Å². The number of carbonyl (C=O) groups excluding carboxylic acids is 1. The van der Waals surface area contributed by atoms with Crippen molar-refractivity contribution in [2.45, 2.75) is 25.4 Å². The van der Waals surface area contributed by atoms with Gasteiger partial charge in [0.25, 0.3) is 0 Å². The summed E-state index contributed by atoms with van der Waals surface area (Å²) in [4.78, 5) is 22.8. The lowest BCUT2D eigenvalue weighted by atomic mass is 10.2. The Morgan fingerprint density at radius 3 is 2.82 bits per heavy atom. The molecule has 0 saturated carbocycles. The van der Waals surface area contributed by atoms with Crippen molar-refractivity contribution >= 4 is 23.2 Å². The minimum absolute atomic E-state index is 0.0279. The molecule has 0 aliphatic rings. The number of aryl methyl sites for hydroxylation is 1. The third-order valence-electron chi connectivity index (χ3n) is 2.20. The SMILES string of the molecule is O=C(CCc1cccs1)NCCC(O)C(=O)O. The molecule has 1 aromatic rings. The van der Waals surface area contributed by atoms with Crippen molar-refractivity contribution in [3.63, 3.8) is 0 Å². The zero-order valence-electron chi connectivity index (χ0n) is 9.26. The highest BCUT2D eigenvalue weighted by atomic mass is 32.1. The minimum Gasteiger partial charge on any atom is -0.479 e. The van der Waals surface area contributed by atoms with Crippen LogP contribution in [-0.4, -0.2) is 34.7 Å². The number of carboxylic acids is 1.